The van der Waals surface area contributed by atoms with Crippen LogP contribution in [0.25, 0.3) is 11.0 Å². The molecule has 21 heavy (non-hydrogen) atoms. The first-order chi connectivity index (χ1) is 10.2. The number of halogens is 1. The van der Waals surface area contributed by atoms with Crippen molar-refractivity contribution in [1.29, 1.82) is 0 Å². The number of benzene rings is 2. The van der Waals surface area contributed by atoms with Gasteiger partial charge in [0, 0.05) is 17.5 Å². The van der Waals surface area contributed by atoms with Crippen LogP contribution in [0.1, 0.15) is 16.9 Å². The molecule has 0 amide bonds. The lowest BCUT2D eigenvalue weighted by Crippen LogP contribution is -2.03. The second-order valence-electron chi connectivity index (χ2n) is 4.93. The Morgan fingerprint density at radius 2 is 2.00 bits per heavy atom. The van der Waals surface area contributed by atoms with Gasteiger partial charge in [0.15, 0.2) is 11.6 Å². The van der Waals surface area contributed by atoms with Crippen LogP contribution in [-0.4, -0.2) is 0 Å². The first-order valence-corrected chi connectivity index (χ1v) is 6.77. The van der Waals surface area contributed by atoms with E-state index < -0.39 is 0 Å². The number of furan rings is 1. The molecule has 3 aromatic rings. The van der Waals surface area contributed by atoms with Crippen LogP contribution in [-0.2, 0) is 13.2 Å². The Kier molecular flexibility index (Phi) is 3.62. The minimum Gasteiger partial charge on any atom is -0.483 e. The highest BCUT2D eigenvalue weighted by atomic mass is 19.1. The number of nitrogens with two attached hydrogens (primary N) is 1. The van der Waals surface area contributed by atoms with Gasteiger partial charge in [-0.3, -0.25) is 0 Å². The molecule has 0 aliphatic carbocycles. The Balaban J connectivity index is 1.89. The molecule has 0 aliphatic rings. The van der Waals surface area contributed by atoms with Crippen LogP contribution in [0.15, 0.2) is 46.9 Å². The first-order valence-electron chi connectivity index (χ1n) is 6.77. The highest BCUT2D eigenvalue weighted by Gasteiger charge is 2.14. The van der Waals surface area contributed by atoms with Gasteiger partial charge in [-0.15, -0.1) is 0 Å². The Morgan fingerprint density at radius 1 is 1.19 bits per heavy atom. The molecule has 2 N–H and O–H groups in total. The van der Waals surface area contributed by atoms with E-state index in [4.69, 9.17) is 14.9 Å². The monoisotopic (exact) mass is 285 g/mol. The van der Waals surface area contributed by atoms with E-state index in [1.165, 1.54) is 6.07 Å². The van der Waals surface area contributed by atoms with Crippen molar-refractivity contribution in [2.45, 2.75) is 20.1 Å². The normalized spacial score (nSPS) is 11.0. The van der Waals surface area contributed by atoms with Crippen molar-refractivity contribution in [3.8, 4) is 5.75 Å². The fraction of sp³-hybridized carbons (Fsp3) is 0.176. The quantitative estimate of drug-likeness (QED) is 0.790. The molecule has 0 saturated carbocycles. The van der Waals surface area contributed by atoms with Crippen molar-refractivity contribution in [1.82, 2.24) is 0 Å². The summed E-state index contributed by atoms with van der Waals surface area (Å²) in [5, 5.41) is 0.975. The van der Waals surface area contributed by atoms with E-state index >= 15 is 0 Å². The van der Waals surface area contributed by atoms with Crippen molar-refractivity contribution < 1.29 is 13.5 Å². The molecule has 0 radical (unpaired) electrons. The Hall–Kier alpha value is -2.33. The van der Waals surface area contributed by atoms with E-state index in [1.54, 1.807) is 12.1 Å². The Morgan fingerprint density at radius 3 is 2.81 bits per heavy atom. The third-order valence-electron chi connectivity index (χ3n) is 3.43. The van der Waals surface area contributed by atoms with Crippen molar-refractivity contribution in [3.05, 3.63) is 65.2 Å². The summed E-state index contributed by atoms with van der Waals surface area (Å²) in [6, 6.07) is 12.4. The third kappa shape index (κ3) is 2.62. The molecule has 0 unspecified atom stereocenters. The zero-order valence-electron chi connectivity index (χ0n) is 11.7. The number of hydrogen-bond acceptors (Lipinski definition) is 3. The smallest absolute Gasteiger partial charge is 0.165 e. The lowest BCUT2D eigenvalue weighted by Gasteiger charge is -2.07. The Bertz CT molecular complexity index is 780. The number of ether oxygens (including phenoxy) is 1. The molecule has 0 aliphatic heterocycles. The molecule has 3 rings (SSSR count). The predicted octanol–water partition coefficient (Wildman–Crippen LogP) is 3.92. The molecule has 0 spiro atoms. The highest BCUT2D eigenvalue weighted by Crippen LogP contribution is 2.27. The second kappa shape index (κ2) is 5.58. The molecular weight excluding hydrogens is 269 g/mol. The highest BCUT2D eigenvalue weighted by molar-refractivity contribution is 5.82. The molecule has 0 saturated heterocycles. The number of aryl methyl sites for hydroxylation is 1. The molecular formula is C17H16FNO2. The van der Waals surface area contributed by atoms with Gasteiger partial charge in [-0.2, -0.15) is 0 Å². The van der Waals surface area contributed by atoms with Crippen LogP contribution >= 0.6 is 0 Å². The number of hydrogen-bond donors (Lipinski definition) is 1. The van der Waals surface area contributed by atoms with Gasteiger partial charge in [-0.1, -0.05) is 24.3 Å². The molecule has 4 heteroatoms. The van der Waals surface area contributed by atoms with Gasteiger partial charge in [0.05, 0.1) is 0 Å². The van der Waals surface area contributed by atoms with Gasteiger partial charge in [-0.25, -0.2) is 4.39 Å². The van der Waals surface area contributed by atoms with Crippen LogP contribution in [0.2, 0.25) is 0 Å². The van der Waals surface area contributed by atoms with Gasteiger partial charge < -0.3 is 14.9 Å². The topological polar surface area (TPSA) is 48.4 Å². The zero-order valence-corrected chi connectivity index (χ0v) is 11.7. The van der Waals surface area contributed by atoms with E-state index in [0.29, 0.717) is 12.3 Å². The van der Waals surface area contributed by atoms with E-state index in [0.717, 1.165) is 22.1 Å². The maximum atomic E-state index is 13.7. The molecule has 1 aromatic heterocycles. The van der Waals surface area contributed by atoms with Crippen molar-refractivity contribution >= 4 is 11.0 Å². The summed E-state index contributed by atoms with van der Waals surface area (Å²) in [5.74, 6) is 0.476. The van der Waals surface area contributed by atoms with E-state index in [9.17, 15) is 4.39 Å². The SMILES string of the molecule is Cc1ccc(F)c(OCc2oc3ccccc3c2CN)c1. The van der Waals surface area contributed by atoms with Crippen molar-refractivity contribution in [2.24, 2.45) is 5.73 Å². The van der Waals surface area contributed by atoms with Crippen molar-refractivity contribution in [2.75, 3.05) is 0 Å². The average molecular weight is 285 g/mol. The van der Waals surface area contributed by atoms with Crippen LogP contribution in [0, 0.1) is 12.7 Å². The van der Waals surface area contributed by atoms with Crippen LogP contribution in [0.3, 0.4) is 0 Å². The average Bonchev–Trinajstić information content (AvgIpc) is 2.85. The molecule has 0 fully saturated rings. The zero-order chi connectivity index (χ0) is 14.8. The maximum Gasteiger partial charge on any atom is 0.165 e. The third-order valence-corrected chi connectivity index (χ3v) is 3.43. The van der Waals surface area contributed by atoms with Gasteiger partial charge in [0.2, 0.25) is 0 Å². The van der Waals surface area contributed by atoms with E-state index in [2.05, 4.69) is 0 Å². The minimum atomic E-state index is -0.383. The molecule has 1 heterocycles. The predicted molar refractivity (Wildman–Crippen MR) is 79.6 cm³/mol. The van der Waals surface area contributed by atoms with Crippen molar-refractivity contribution in [3.63, 3.8) is 0 Å². The maximum absolute atomic E-state index is 13.7. The molecule has 0 atom stereocenters. The largest absolute Gasteiger partial charge is 0.483 e. The van der Waals surface area contributed by atoms with E-state index in [-0.39, 0.29) is 18.2 Å². The molecule has 0 bridgehead atoms. The minimum absolute atomic E-state index is 0.154. The summed E-state index contributed by atoms with van der Waals surface area (Å²) < 4.78 is 25.0. The first kappa shape index (κ1) is 13.6. The Labute approximate surface area is 122 Å². The van der Waals surface area contributed by atoms with E-state index in [1.807, 2.05) is 31.2 Å². The number of para-hydroxylation sites is 1. The van der Waals surface area contributed by atoms with Gasteiger partial charge in [0.25, 0.3) is 0 Å². The standard InChI is InChI=1S/C17H16FNO2/c1-11-6-7-14(18)16(8-11)20-10-17-13(9-19)12-4-2-3-5-15(12)21-17/h2-8H,9-10,19H2,1H3. The summed E-state index contributed by atoms with van der Waals surface area (Å²) in [6.45, 7) is 2.40. The lowest BCUT2D eigenvalue weighted by molar-refractivity contribution is 0.260. The molecule has 2 aromatic carbocycles. The number of rotatable bonds is 4. The van der Waals surface area contributed by atoms with Gasteiger partial charge >= 0.3 is 0 Å². The summed E-state index contributed by atoms with van der Waals surface area (Å²) >= 11 is 0. The van der Waals surface area contributed by atoms with Crippen LogP contribution in [0.4, 0.5) is 4.39 Å². The van der Waals surface area contributed by atoms with Crippen LogP contribution in [0.5, 0.6) is 5.75 Å². The summed E-state index contributed by atoms with van der Waals surface area (Å²) in [4.78, 5) is 0. The van der Waals surface area contributed by atoms with Gasteiger partial charge in [-0.05, 0) is 30.7 Å². The fourth-order valence-corrected chi connectivity index (χ4v) is 2.35. The summed E-state index contributed by atoms with van der Waals surface area (Å²) in [5.41, 5.74) is 8.40. The second-order valence-corrected chi connectivity index (χ2v) is 4.93. The summed E-state index contributed by atoms with van der Waals surface area (Å²) in [7, 11) is 0. The molecule has 108 valence electrons. The fourth-order valence-electron chi connectivity index (χ4n) is 2.35. The van der Waals surface area contributed by atoms with Crippen LogP contribution < -0.4 is 10.5 Å². The number of fused-ring (bicyclic) bond motifs is 1. The molecule has 3 nitrogen and oxygen atoms in total. The lowest BCUT2D eigenvalue weighted by atomic mass is 10.1. The van der Waals surface area contributed by atoms with Gasteiger partial charge in [0.1, 0.15) is 18.0 Å². The summed E-state index contributed by atoms with van der Waals surface area (Å²) in [6.07, 6.45) is 0.